The molecular weight excluding hydrogens is 310 g/mol. The molecule has 6 heteroatoms. The molecule has 0 unspecified atom stereocenters. The van der Waals surface area contributed by atoms with Gasteiger partial charge in [-0.15, -0.1) is 0 Å². The van der Waals surface area contributed by atoms with Gasteiger partial charge in [0, 0.05) is 34.4 Å². The molecule has 0 bridgehead atoms. The summed E-state index contributed by atoms with van der Waals surface area (Å²) in [6, 6.07) is 11.6. The summed E-state index contributed by atoms with van der Waals surface area (Å²) >= 11 is 5.95. The maximum atomic E-state index is 6.03. The third kappa shape index (κ3) is 2.51. The number of hydrogen-bond acceptors (Lipinski definition) is 4. The minimum Gasteiger partial charge on any atom is -0.382 e. The fourth-order valence-electron chi connectivity index (χ4n) is 2.51. The Labute approximate surface area is 137 Å². The van der Waals surface area contributed by atoms with Crippen LogP contribution in [0, 0.1) is 0 Å². The van der Waals surface area contributed by atoms with Crippen LogP contribution in [0.25, 0.3) is 33.4 Å². The quantitative estimate of drug-likeness (QED) is 0.548. The summed E-state index contributed by atoms with van der Waals surface area (Å²) in [7, 11) is 0. The molecule has 0 radical (unpaired) electrons. The lowest BCUT2D eigenvalue weighted by molar-refractivity contribution is 1.21. The first-order chi connectivity index (χ1) is 11.2. The van der Waals surface area contributed by atoms with Gasteiger partial charge in [0.2, 0.25) is 0 Å². The van der Waals surface area contributed by atoms with Crippen LogP contribution in [-0.2, 0) is 0 Å². The number of nitrogens with one attached hydrogen (secondary N) is 1. The Bertz CT molecular complexity index is 1010. The summed E-state index contributed by atoms with van der Waals surface area (Å²) in [5, 5.41) is 1.51. The lowest BCUT2D eigenvalue weighted by Crippen LogP contribution is -1.99. The van der Waals surface area contributed by atoms with Gasteiger partial charge in [-0.1, -0.05) is 17.7 Å². The third-order valence-electron chi connectivity index (χ3n) is 3.65. The Morgan fingerprint density at radius 1 is 1.00 bits per heavy atom. The fourth-order valence-corrected chi connectivity index (χ4v) is 2.69. The standard InChI is InChI=1S/C17H12ClN5/c18-15-8-11(4-6-21-15)14-9-22-17(19)16(23-14)12-1-2-13-10(7-12)3-5-20-13/h1-9,20H,(H2,19,22). The number of anilines is 1. The molecule has 3 heterocycles. The van der Waals surface area contributed by atoms with Gasteiger partial charge in [0.15, 0.2) is 0 Å². The van der Waals surface area contributed by atoms with E-state index in [4.69, 9.17) is 17.3 Å². The van der Waals surface area contributed by atoms with Crippen LogP contribution in [0.5, 0.6) is 0 Å². The van der Waals surface area contributed by atoms with Gasteiger partial charge in [-0.2, -0.15) is 0 Å². The van der Waals surface area contributed by atoms with E-state index >= 15 is 0 Å². The van der Waals surface area contributed by atoms with Gasteiger partial charge in [-0.3, -0.25) is 0 Å². The molecule has 0 spiro atoms. The van der Waals surface area contributed by atoms with Crippen molar-refractivity contribution in [2.24, 2.45) is 0 Å². The highest BCUT2D eigenvalue weighted by molar-refractivity contribution is 6.29. The Morgan fingerprint density at radius 3 is 2.78 bits per heavy atom. The van der Waals surface area contributed by atoms with Crippen LogP contribution < -0.4 is 5.73 Å². The summed E-state index contributed by atoms with van der Waals surface area (Å²) in [4.78, 5) is 16.1. The zero-order valence-electron chi connectivity index (χ0n) is 12.0. The van der Waals surface area contributed by atoms with Gasteiger partial charge in [0.1, 0.15) is 16.7 Å². The van der Waals surface area contributed by atoms with Crippen molar-refractivity contribution >= 4 is 28.3 Å². The number of fused-ring (bicyclic) bond motifs is 1. The first-order valence-corrected chi connectivity index (χ1v) is 7.40. The van der Waals surface area contributed by atoms with Crippen LogP contribution in [0.4, 0.5) is 5.82 Å². The van der Waals surface area contributed by atoms with E-state index in [0.717, 1.165) is 22.0 Å². The van der Waals surface area contributed by atoms with Crippen LogP contribution in [0.2, 0.25) is 5.15 Å². The molecule has 3 aromatic heterocycles. The van der Waals surface area contributed by atoms with Gasteiger partial charge < -0.3 is 10.7 Å². The summed E-state index contributed by atoms with van der Waals surface area (Å²) in [5.74, 6) is 0.392. The topological polar surface area (TPSA) is 80.5 Å². The van der Waals surface area contributed by atoms with Crippen molar-refractivity contribution in [3.8, 4) is 22.5 Å². The number of benzene rings is 1. The number of nitrogen functional groups attached to an aromatic ring is 1. The second-order valence-electron chi connectivity index (χ2n) is 5.14. The molecule has 0 amide bonds. The minimum atomic E-state index is 0.392. The van der Waals surface area contributed by atoms with Gasteiger partial charge in [-0.25, -0.2) is 15.0 Å². The number of rotatable bonds is 2. The Hall–Kier alpha value is -2.92. The molecule has 1 aromatic carbocycles. The van der Waals surface area contributed by atoms with Crippen molar-refractivity contribution in [3.63, 3.8) is 0 Å². The van der Waals surface area contributed by atoms with Crippen molar-refractivity contribution in [1.82, 2.24) is 19.9 Å². The molecule has 4 aromatic rings. The molecule has 4 rings (SSSR count). The summed E-state index contributed by atoms with van der Waals surface area (Å²) in [6.07, 6.45) is 5.18. The van der Waals surface area contributed by atoms with E-state index in [1.807, 2.05) is 36.5 Å². The first-order valence-electron chi connectivity index (χ1n) is 7.03. The molecule has 0 aliphatic heterocycles. The smallest absolute Gasteiger partial charge is 0.150 e. The van der Waals surface area contributed by atoms with E-state index in [-0.39, 0.29) is 0 Å². The molecule has 0 saturated carbocycles. The van der Waals surface area contributed by atoms with Crippen LogP contribution >= 0.6 is 11.6 Å². The van der Waals surface area contributed by atoms with Gasteiger partial charge in [0.05, 0.1) is 11.9 Å². The van der Waals surface area contributed by atoms with E-state index in [1.165, 1.54) is 0 Å². The predicted octanol–water partition coefficient (Wildman–Crippen LogP) is 3.92. The Kier molecular flexibility index (Phi) is 3.20. The second-order valence-corrected chi connectivity index (χ2v) is 5.52. The van der Waals surface area contributed by atoms with Crippen molar-refractivity contribution in [2.75, 3.05) is 5.73 Å². The molecule has 0 atom stereocenters. The van der Waals surface area contributed by atoms with Crippen LogP contribution in [0.15, 0.2) is 55.0 Å². The number of hydrogen-bond donors (Lipinski definition) is 2. The van der Waals surface area contributed by atoms with Crippen molar-refractivity contribution in [3.05, 3.63) is 60.1 Å². The number of H-pyrrole nitrogens is 1. The molecule has 23 heavy (non-hydrogen) atoms. The SMILES string of the molecule is Nc1ncc(-c2ccnc(Cl)c2)nc1-c1ccc2[nH]ccc2c1. The van der Waals surface area contributed by atoms with Gasteiger partial charge in [0.25, 0.3) is 0 Å². The van der Waals surface area contributed by atoms with Crippen molar-refractivity contribution in [2.45, 2.75) is 0 Å². The highest BCUT2D eigenvalue weighted by Gasteiger charge is 2.10. The molecule has 112 valence electrons. The lowest BCUT2D eigenvalue weighted by Gasteiger charge is -2.08. The summed E-state index contributed by atoms with van der Waals surface area (Å²) < 4.78 is 0. The molecule has 0 saturated heterocycles. The average molecular weight is 322 g/mol. The zero-order chi connectivity index (χ0) is 15.8. The van der Waals surface area contributed by atoms with Crippen LogP contribution in [-0.4, -0.2) is 19.9 Å². The lowest BCUT2D eigenvalue weighted by atomic mass is 10.1. The van der Waals surface area contributed by atoms with Crippen LogP contribution in [0.3, 0.4) is 0 Å². The van der Waals surface area contributed by atoms with Gasteiger partial charge >= 0.3 is 0 Å². The van der Waals surface area contributed by atoms with E-state index in [1.54, 1.807) is 18.5 Å². The number of aromatic amines is 1. The van der Waals surface area contributed by atoms with Crippen molar-refractivity contribution in [1.29, 1.82) is 0 Å². The maximum Gasteiger partial charge on any atom is 0.150 e. The van der Waals surface area contributed by atoms with Crippen molar-refractivity contribution < 1.29 is 0 Å². The largest absolute Gasteiger partial charge is 0.382 e. The van der Waals surface area contributed by atoms with Crippen LogP contribution in [0.1, 0.15) is 0 Å². The molecular formula is C17H12ClN5. The maximum absolute atomic E-state index is 6.03. The predicted molar refractivity (Wildman–Crippen MR) is 92.0 cm³/mol. The van der Waals surface area contributed by atoms with Gasteiger partial charge in [-0.05, 0) is 30.3 Å². The molecule has 0 aliphatic carbocycles. The molecule has 0 aliphatic rings. The monoisotopic (exact) mass is 321 g/mol. The number of halogens is 1. The molecule has 3 N–H and O–H groups in total. The number of pyridine rings is 1. The van der Waals surface area contributed by atoms with E-state index in [2.05, 4.69) is 19.9 Å². The fraction of sp³-hybridized carbons (Fsp3) is 0. The van der Waals surface area contributed by atoms with E-state index in [9.17, 15) is 0 Å². The first kappa shape index (κ1) is 13.7. The normalized spacial score (nSPS) is 11.0. The Balaban J connectivity index is 1.86. The summed E-state index contributed by atoms with van der Waals surface area (Å²) in [5.41, 5.74) is 10.2. The van der Waals surface area contributed by atoms with E-state index in [0.29, 0.717) is 22.4 Å². The molecule has 5 nitrogen and oxygen atoms in total. The number of nitrogens with zero attached hydrogens (tertiary/aromatic N) is 3. The minimum absolute atomic E-state index is 0.392. The number of nitrogens with two attached hydrogens (primary N) is 1. The average Bonchev–Trinajstić information content (AvgIpc) is 3.03. The van der Waals surface area contributed by atoms with E-state index < -0.39 is 0 Å². The second kappa shape index (κ2) is 5.37. The zero-order valence-corrected chi connectivity index (χ0v) is 12.7. The number of aromatic nitrogens is 4. The summed E-state index contributed by atoms with van der Waals surface area (Å²) in [6.45, 7) is 0. The highest BCUT2D eigenvalue weighted by atomic mass is 35.5. The third-order valence-corrected chi connectivity index (χ3v) is 3.86. The molecule has 0 fully saturated rings. The Morgan fingerprint density at radius 2 is 1.91 bits per heavy atom. The highest BCUT2D eigenvalue weighted by Crippen LogP contribution is 2.28.